The van der Waals surface area contributed by atoms with Gasteiger partial charge in [-0.3, -0.25) is 0 Å². The minimum atomic E-state index is -4.69. The first kappa shape index (κ1) is 12.7. The van der Waals surface area contributed by atoms with E-state index in [4.69, 9.17) is 5.11 Å². The molecule has 1 N–H and O–H groups in total. The van der Waals surface area contributed by atoms with Crippen LogP contribution in [-0.4, -0.2) is 29.1 Å². The van der Waals surface area contributed by atoms with Gasteiger partial charge >= 0.3 is 12.1 Å². The van der Waals surface area contributed by atoms with Crippen LogP contribution in [0.3, 0.4) is 0 Å². The summed E-state index contributed by atoms with van der Waals surface area (Å²) in [5.74, 6) is -1.69. The Bertz CT molecular complexity index is 468. The molecule has 0 aliphatic carbocycles. The summed E-state index contributed by atoms with van der Waals surface area (Å²) < 4.78 is 38.3. The molecule has 1 saturated heterocycles. The van der Waals surface area contributed by atoms with Crippen LogP contribution in [0.2, 0.25) is 0 Å². The molecular formula is C11H11F3N2O2. The first-order chi connectivity index (χ1) is 8.41. The molecule has 0 radical (unpaired) electrons. The summed E-state index contributed by atoms with van der Waals surface area (Å²) in [4.78, 5) is 16.5. The van der Waals surface area contributed by atoms with E-state index in [1.165, 1.54) is 0 Å². The van der Waals surface area contributed by atoms with Crippen molar-refractivity contribution in [2.24, 2.45) is 0 Å². The van der Waals surface area contributed by atoms with E-state index in [1.54, 1.807) is 4.90 Å². The van der Waals surface area contributed by atoms with E-state index in [2.05, 4.69) is 4.98 Å². The van der Waals surface area contributed by atoms with E-state index in [-0.39, 0.29) is 5.82 Å². The number of halogens is 3. The van der Waals surface area contributed by atoms with Crippen LogP contribution >= 0.6 is 0 Å². The molecule has 98 valence electrons. The van der Waals surface area contributed by atoms with Crippen LogP contribution in [0.5, 0.6) is 0 Å². The fourth-order valence-corrected chi connectivity index (χ4v) is 2.07. The molecule has 0 unspecified atom stereocenters. The summed E-state index contributed by atoms with van der Waals surface area (Å²) in [6, 6.07) is 0.697. The highest BCUT2D eigenvalue weighted by atomic mass is 19.4. The highest BCUT2D eigenvalue weighted by molar-refractivity contribution is 5.95. The van der Waals surface area contributed by atoms with Gasteiger partial charge in [-0.05, 0) is 18.9 Å². The Morgan fingerprint density at radius 3 is 2.44 bits per heavy atom. The van der Waals surface area contributed by atoms with E-state index >= 15 is 0 Å². The molecule has 4 nitrogen and oxygen atoms in total. The average Bonchev–Trinajstić information content (AvgIpc) is 2.80. The van der Waals surface area contributed by atoms with Gasteiger partial charge in [-0.25, -0.2) is 9.78 Å². The first-order valence-electron chi connectivity index (χ1n) is 5.45. The van der Waals surface area contributed by atoms with Gasteiger partial charge in [0.05, 0.1) is 5.56 Å². The Labute approximate surface area is 101 Å². The Morgan fingerprint density at radius 1 is 1.33 bits per heavy atom. The standard InChI is InChI=1S/C11H11F3N2O2/c12-11(13,14)7-3-4-15-9(8(7)10(17)18)16-5-1-2-6-16/h3-4H,1-2,5-6H2,(H,17,18). The number of hydrogen-bond donors (Lipinski definition) is 1. The van der Waals surface area contributed by atoms with Crippen LogP contribution in [0.1, 0.15) is 28.8 Å². The number of rotatable bonds is 2. The highest BCUT2D eigenvalue weighted by Crippen LogP contribution is 2.35. The molecule has 2 rings (SSSR count). The lowest BCUT2D eigenvalue weighted by atomic mass is 10.1. The van der Waals surface area contributed by atoms with E-state index in [0.29, 0.717) is 19.2 Å². The number of hydrogen-bond acceptors (Lipinski definition) is 3. The second kappa shape index (κ2) is 4.47. The number of carboxylic acids is 1. The van der Waals surface area contributed by atoms with Crippen LogP contribution in [0, 0.1) is 0 Å². The first-order valence-corrected chi connectivity index (χ1v) is 5.45. The number of aromatic carboxylic acids is 1. The fourth-order valence-electron chi connectivity index (χ4n) is 2.07. The zero-order valence-corrected chi connectivity index (χ0v) is 9.37. The van der Waals surface area contributed by atoms with Crippen molar-refractivity contribution in [3.05, 3.63) is 23.4 Å². The monoisotopic (exact) mass is 260 g/mol. The number of pyridine rings is 1. The lowest BCUT2D eigenvalue weighted by Gasteiger charge is -2.20. The van der Waals surface area contributed by atoms with Crippen LogP contribution in [-0.2, 0) is 6.18 Å². The number of aromatic nitrogens is 1. The Morgan fingerprint density at radius 2 is 1.94 bits per heavy atom. The SMILES string of the molecule is O=C(O)c1c(C(F)(F)F)ccnc1N1CCCC1. The van der Waals surface area contributed by atoms with Crippen molar-refractivity contribution in [3.63, 3.8) is 0 Å². The molecule has 0 saturated carbocycles. The molecule has 2 heterocycles. The molecule has 1 aliphatic heterocycles. The molecule has 0 bridgehead atoms. The van der Waals surface area contributed by atoms with Crippen LogP contribution in [0.25, 0.3) is 0 Å². The lowest BCUT2D eigenvalue weighted by molar-refractivity contribution is -0.138. The zero-order valence-electron chi connectivity index (χ0n) is 9.37. The van der Waals surface area contributed by atoms with Gasteiger partial charge in [-0.2, -0.15) is 13.2 Å². The molecular weight excluding hydrogens is 249 g/mol. The topological polar surface area (TPSA) is 53.4 Å². The van der Waals surface area contributed by atoms with Crippen molar-refractivity contribution in [3.8, 4) is 0 Å². The van der Waals surface area contributed by atoms with Crippen molar-refractivity contribution < 1.29 is 23.1 Å². The Balaban J connectivity index is 2.56. The van der Waals surface area contributed by atoms with E-state index in [9.17, 15) is 18.0 Å². The molecule has 0 amide bonds. The molecule has 7 heteroatoms. The lowest BCUT2D eigenvalue weighted by Crippen LogP contribution is -2.24. The Kier molecular flexibility index (Phi) is 3.14. The van der Waals surface area contributed by atoms with Gasteiger partial charge in [-0.15, -0.1) is 0 Å². The van der Waals surface area contributed by atoms with Gasteiger partial charge in [0.15, 0.2) is 0 Å². The van der Waals surface area contributed by atoms with Crippen molar-refractivity contribution in [1.82, 2.24) is 4.98 Å². The summed E-state index contributed by atoms with van der Waals surface area (Å²) in [6.07, 6.45) is -2.03. The average molecular weight is 260 g/mol. The third kappa shape index (κ3) is 2.25. The minimum absolute atomic E-state index is 0.0881. The molecule has 18 heavy (non-hydrogen) atoms. The maximum absolute atomic E-state index is 12.8. The van der Waals surface area contributed by atoms with E-state index < -0.39 is 23.3 Å². The third-order valence-electron chi connectivity index (χ3n) is 2.86. The zero-order chi connectivity index (χ0) is 13.3. The molecule has 0 aromatic carbocycles. The third-order valence-corrected chi connectivity index (χ3v) is 2.86. The van der Waals surface area contributed by atoms with Crippen LogP contribution < -0.4 is 4.90 Å². The van der Waals surface area contributed by atoms with Gasteiger partial charge in [0.25, 0.3) is 0 Å². The fraction of sp³-hybridized carbons (Fsp3) is 0.455. The van der Waals surface area contributed by atoms with Gasteiger partial charge in [0, 0.05) is 19.3 Å². The second-order valence-electron chi connectivity index (χ2n) is 4.05. The van der Waals surface area contributed by atoms with Gasteiger partial charge in [0.1, 0.15) is 11.4 Å². The Hall–Kier alpha value is -1.79. The number of carboxylic acid groups (broad SMARTS) is 1. The van der Waals surface area contributed by atoms with Crippen LogP contribution in [0.15, 0.2) is 12.3 Å². The second-order valence-corrected chi connectivity index (χ2v) is 4.05. The van der Waals surface area contributed by atoms with Crippen LogP contribution in [0.4, 0.5) is 19.0 Å². The molecule has 0 atom stereocenters. The van der Waals surface area contributed by atoms with Crippen molar-refractivity contribution in [2.45, 2.75) is 19.0 Å². The van der Waals surface area contributed by atoms with E-state index in [0.717, 1.165) is 19.0 Å². The molecule has 0 spiro atoms. The molecule has 1 aromatic heterocycles. The highest BCUT2D eigenvalue weighted by Gasteiger charge is 2.38. The summed E-state index contributed by atoms with van der Waals surface area (Å²) in [5, 5.41) is 9.00. The predicted molar refractivity (Wildman–Crippen MR) is 57.6 cm³/mol. The minimum Gasteiger partial charge on any atom is -0.478 e. The normalized spacial score (nSPS) is 16.1. The molecule has 1 aliphatic rings. The van der Waals surface area contributed by atoms with Crippen molar-refractivity contribution >= 4 is 11.8 Å². The number of anilines is 1. The summed E-state index contributed by atoms with van der Waals surface area (Å²) >= 11 is 0. The summed E-state index contributed by atoms with van der Waals surface area (Å²) in [6.45, 7) is 1.07. The predicted octanol–water partition coefficient (Wildman–Crippen LogP) is 2.40. The maximum Gasteiger partial charge on any atom is 0.417 e. The molecule has 1 fully saturated rings. The number of alkyl halides is 3. The van der Waals surface area contributed by atoms with Gasteiger partial charge in [-0.1, -0.05) is 0 Å². The summed E-state index contributed by atoms with van der Waals surface area (Å²) in [5.41, 5.74) is -1.90. The van der Waals surface area contributed by atoms with Gasteiger partial charge < -0.3 is 10.0 Å². The van der Waals surface area contributed by atoms with Crippen molar-refractivity contribution in [2.75, 3.05) is 18.0 Å². The van der Waals surface area contributed by atoms with E-state index in [1.807, 2.05) is 0 Å². The largest absolute Gasteiger partial charge is 0.478 e. The number of carbonyl (C=O) groups is 1. The number of nitrogens with zero attached hydrogens (tertiary/aromatic N) is 2. The molecule has 1 aromatic rings. The van der Waals surface area contributed by atoms with Crippen molar-refractivity contribution in [1.29, 1.82) is 0 Å². The quantitative estimate of drug-likeness (QED) is 0.887. The summed E-state index contributed by atoms with van der Waals surface area (Å²) in [7, 11) is 0. The maximum atomic E-state index is 12.8. The van der Waals surface area contributed by atoms with Gasteiger partial charge in [0.2, 0.25) is 0 Å². The smallest absolute Gasteiger partial charge is 0.417 e.